The van der Waals surface area contributed by atoms with Gasteiger partial charge < -0.3 is 5.32 Å². The summed E-state index contributed by atoms with van der Waals surface area (Å²) in [4.78, 5) is 16.1. The number of nitrogens with one attached hydrogen (secondary N) is 1. The molecule has 5 heteroatoms. The molecule has 2 aromatic rings. The minimum absolute atomic E-state index is 0.0397. The van der Waals surface area contributed by atoms with Gasteiger partial charge in [0, 0.05) is 12.5 Å². The second-order valence-electron chi connectivity index (χ2n) is 5.56. The van der Waals surface area contributed by atoms with E-state index in [4.69, 9.17) is 0 Å². The summed E-state index contributed by atoms with van der Waals surface area (Å²) in [5.41, 5.74) is 1.25. The molecule has 1 heterocycles. The molecule has 5 nitrogen and oxygen atoms in total. The van der Waals surface area contributed by atoms with Crippen LogP contribution in [-0.4, -0.2) is 27.2 Å². The van der Waals surface area contributed by atoms with Gasteiger partial charge in [0.05, 0.1) is 0 Å². The molecule has 2 atom stereocenters. The van der Waals surface area contributed by atoms with Gasteiger partial charge in [-0.25, -0.2) is 9.67 Å². The van der Waals surface area contributed by atoms with Crippen molar-refractivity contribution in [2.75, 3.05) is 6.54 Å². The van der Waals surface area contributed by atoms with Gasteiger partial charge >= 0.3 is 0 Å². The summed E-state index contributed by atoms with van der Waals surface area (Å²) in [5.74, 6) is 0.717. The minimum Gasteiger partial charge on any atom is -0.354 e. The standard InChI is InChI=1S/C16H22N4O/c1-12(2)15(14-7-5-4-6-8-14)9-18-16(21)13(3)20-11-17-10-19-20/h4-8,10-13,15H,9H2,1-3H3,(H,18,21)/t13-,15+/m1/s1. The lowest BCUT2D eigenvalue weighted by molar-refractivity contribution is -0.124. The first-order valence-corrected chi connectivity index (χ1v) is 7.26. The molecule has 0 fully saturated rings. The molecule has 1 aromatic heterocycles. The van der Waals surface area contributed by atoms with Crippen LogP contribution in [0.15, 0.2) is 43.0 Å². The molecule has 21 heavy (non-hydrogen) atoms. The fraction of sp³-hybridized carbons (Fsp3) is 0.438. The lowest BCUT2D eigenvalue weighted by atomic mass is 9.88. The van der Waals surface area contributed by atoms with E-state index in [-0.39, 0.29) is 11.9 Å². The summed E-state index contributed by atoms with van der Waals surface area (Å²) >= 11 is 0. The van der Waals surface area contributed by atoms with Gasteiger partial charge in [-0.1, -0.05) is 44.2 Å². The highest BCUT2D eigenvalue weighted by Gasteiger charge is 2.20. The van der Waals surface area contributed by atoms with Gasteiger partial charge in [-0.05, 0) is 18.4 Å². The number of amides is 1. The van der Waals surface area contributed by atoms with Gasteiger partial charge in [0.1, 0.15) is 18.7 Å². The second-order valence-corrected chi connectivity index (χ2v) is 5.56. The zero-order valence-corrected chi connectivity index (χ0v) is 12.7. The van der Waals surface area contributed by atoms with Crippen LogP contribution in [0.2, 0.25) is 0 Å². The maximum atomic E-state index is 12.2. The van der Waals surface area contributed by atoms with Crippen molar-refractivity contribution >= 4 is 5.91 Å². The summed E-state index contributed by atoms with van der Waals surface area (Å²) in [6.45, 7) is 6.78. The van der Waals surface area contributed by atoms with Gasteiger partial charge in [-0.3, -0.25) is 4.79 Å². The van der Waals surface area contributed by atoms with E-state index >= 15 is 0 Å². The van der Waals surface area contributed by atoms with Crippen molar-refractivity contribution < 1.29 is 4.79 Å². The quantitative estimate of drug-likeness (QED) is 0.887. The fourth-order valence-electron chi connectivity index (χ4n) is 2.33. The van der Waals surface area contributed by atoms with Gasteiger partial charge in [-0.15, -0.1) is 0 Å². The molecule has 2 rings (SSSR count). The third-order valence-electron chi connectivity index (χ3n) is 3.74. The third kappa shape index (κ3) is 3.90. The number of benzene rings is 1. The molecular weight excluding hydrogens is 264 g/mol. The van der Waals surface area contributed by atoms with Crippen LogP contribution in [0.4, 0.5) is 0 Å². The summed E-state index contributed by atoms with van der Waals surface area (Å²) < 4.78 is 1.56. The van der Waals surface area contributed by atoms with Crippen molar-refractivity contribution in [1.29, 1.82) is 0 Å². The molecule has 0 saturated carbocycles. The molecule has 1 amide bonds. The summed E-state index contributed by atoms with van der Waals surface area (Å²) in [5, 5.41) is 7.03. The number of hydrogen-bond acceptors (Lipinski definition) is 3. The molecule has 0 aliphatic carbocycles. The Balaban J connectivity index is 1.98. The predicted octanol–water partition coefficient (Wildman–Crippen LogP) is 2.40. The number of carbonyl (C=O) groups is 1. The van der Waals surface area contributed by atoms with Crippen molar-refractivity contribution in [3.63, 3.8) is 0 Å². The van der Waals surface area contributed by atoms with E-state index in [1.165, 1.54) is 11.9 Å². The Morgan fingerprint density at radius 2 is 1.95 bits per heavy atom. The van der Waals surface area contributed by atoms with Crippen molar-refractivity contribution in [3.8, 4) is 0 Å². The number of aromatic nitrogens is 3. The van der Waals surface area contributed by atoms with Gasteiger partial charge in [-0.2, -0.15) is 5.10 Å². The lowest BCUT2D eigenvalue weighted by Crippen LogP contribution is -2.35. The molecule has 0 radical (unpaired) electrons. The topological polar surface area (TPSA) is 59.8 Å². The highest BCUT2D eigenvalue weighted by atomic mass is 16.2. The third-order valence-corrected chi connectivity index (χ3v) is 3.74. The Hall–Kier alpha value is -2.17. The van der Waals surface area contributed by atoms with E-state index < -0.39 is 0 Å². The Kier molecular flexibility index (Phi) is 5.09. The summed E-state index contributed by atoms with van der Waals surface area (Å²) in [6, 6.07) is 9.94. The van der Waals surface area contributed by atoms with Crippen LogP contribution >= 0.6 is 0 Å². The second kappa shape index (κ2) is 7.02. The summed E-state index contributed by atoms with van der Waals surface area (Å²) in [6.07, 6.45) is 2.99. The Bertz CT molecular complexity index is 551. The maximum Gasteiger partial charge on any atom is 0.244 e. The predicted molar refractivity (Wildman–Crippen MR) is 81.8 cm³/mol. The minimum atomic E-state index is -0.351. The van der Waals surface area contributed by atoms with Crippen LogP contribution < -0.4 is 5.32 Å². The monoisotopic (exact) mass is 286 g/mol. The number of nitrogens with zero attached hydrogens (tertiary/aromatic N) is 3. The number of hydrogen-bond donors (Lipinski definition) is 1. The highest BCUT2D eigenvalue weighted by Crippen LogP contribution is 2.23. The zero-order valence-electron chi connectivity index (χ0n) is 12.7. The average molecular weight is 286 g/mol. The van der Waals surface area contributed by atoms with Crippen molar-refractivity contribution in [2.24, 2.45) is 5.92 Å². The van der Waals surface area contributed by atoms with E-state index in [1.54, 1.807) is 11.0 Å². The van der Waals surface area contributed by atoms with E-state index in [9.17, 15) is 4.79 Å². The lowest BCUT2D eigenvalue weighted by Gasteiger charge is -2.23. The van der Waals surface area contributed by atoms with E-state index in [0.29, 0.717) is 18.4 Å². The molecule has 0 unspecified atom stereocenters. The van der Waals surface area contributed by atoms with Gasteiger partial charge in [0.15, 0.2) is 0 Å². The first kappa shape index (κ1) is 15.2. The van der Waals surface area contributed by atoms with E-state index in [2.05, 4.69) is 41.4 Å². The van der Waals surface area contributed by atoms with Crippen LogP contribution in [0.3, 0.4) is 0 Å². The molecule has 1 N–H and O–H groups in total. The Morgan fingerprint density at radius 3 is 2.52 bits per heavy atom. The van der Waals surface area contributed by atoms with Crippen molar-refractivity contribution in [1.82, 2.24) is 20.1 Å². The van der Waals surface area contributed by atoms with Crippen LogP contribution in [0.1, 0.15) is 38.3 Å². The zero-order chi connectivity index (χ0) is 15.2. The molecule has 112 valence electrons. The van der Waals surface area contributed by atoms with Gasteiger partial charge in [0.2, 0.25) is 5.91 Å². The fourth-order valence-corrected chi connectivity index (χ4v) is 2.33. The smallest absolute Gasteiger partial charge is 0.244 e. The van der Waals surface area contributed by atoms with Crippen LogP contribution in [0, 0.1) is 5.92 Å². The average Bonchev–Trinajstić information content (AvgIpc) is 3.01. The molecule has 0 aliphatic rings. The van der Waals surface area contributed by atoms with E-state index in [1.807, 2.05) is 25.1 Å². The van der Waals surface area contributed by atoms with Crippen LogP contribution in [-0.2, 0) is 4.79 Å². The molecule has 0 aliphatic heterocycles. The Morgan fingerprint density at radius 1 is 1.24 bits per heavy atom. The molecule has 0 bridgehead atoms. The van der Waals surface area contributed by atoms with E-state index in [0.717, 1.165) is 0 Å². The Labute approximate surface area is 125 Å². The number of carbonyl (C=O) groups excluding carboxylic acids is 1. The SMILES string of the molecule is CC(C)[C@H](CNC(=O)[C@@H](C)n1cncn1)c1ccccc1. The van der Waals surface area contributed by atoms with Crippen LogP contribution in [0.5, 0.6) is 0 Å². The van der Waals surface area contributed by atoms with Crippen molar-refractivity contribution in [3.05, 3.63) is 48.5 Å². The summed E-state index contributed by atoms with van der Waals surface area (Å²) in [7, 11) is 0. The maximum absolute atomic E-state index is 12.2. The largest absolute Gasteiger partial charge is 0.354 e. The molecule has 1 aromatic carbocycles. The first-order chi connectivity index (χ1) is 10.1. The van der Waals surface area contributed by atoms with Gasteiger partial charge in [0.25, 0.3) is 0 Å². The van der Waals surface area contributed by atoms with Crippen molar-refractivity contribution in [2.45, 2.75) is 32.7 Å². The van der Waals surface area contributed by atoms with Crippen LogP contribution in [0.25, 0.3) is 0 Å². The first-order valence-electron chi connectivity index (χ1n) is 7.26. The molecule has 0 saturated heterocycles. The molecular formula is C16H22N4O. The highest BCUT2D eigenvalue weighted by molar-refractivity contribution is 5.79. The molecule has 0 spiro atoms. The number of rotatable bonds is 6. The normalized spacial score (nSPS) is 13.9.